The molecule has 0 aromatic rings. The molecule has 4 heteroatoms. The Balaban J connectivity index is 0.000000640. The monoisotopic (exact) mass is 152 g/mol. The average Bonchev–Trinajstić information content (AvgIpc) is 2.17. The molecule has 1 N–H and O–H groups in total. The first-order chi connectivity index (χ1) is 3.62. The zero-order chi connectivity index (χ0) is 6.20. The first kappa shape index (κ1) is 8.56. The fraction of sp³-hybridized carbons (Fsp3) is 0.800. The number of carbonyl (C=O) groups is 1. The van der Waals surface area contributed by atoms with E-state index in [-0.39, 0.29) is 18.0 Å². The highest BCUT2D eigenvalue weighted by molar-refractivity contribution is 5.85. The van der Waals surface area contributed by atoms with Crippen molar-refractivity contribution in [1.82, 2.24) is 0 Å². The van der Waals surface area contributed by atoms with Crippen LogP contribution in [-0.2, 0) is 4.74 Å². The molecule has 0 amide bonds. The second kappa shape index (κ2) is 2.43. The lowest BCUT2D eigenvalue weighted by Gasteiger charge is -2.04. The summed E-state index contributed by atoms with van der Waals surface area (Å²) in [6, 6.07) is 0. The van der Waals surface area contributed by atoms with E-state index >= 15 is 0 Å². The van der Waals surface area contributed by atoms with Gasteiger partial charge in [-0.1, -0.05) is 0 Å². The summed E-state index contributed by atoms with van der Waals surface area (Å²) in [6.45, 7) is 1.79. The number of carboxylic acid groups (broad SMARTS) is 1. The van der Waals surface area contributed by atoms with Gasteiger partial charge in [0, 0.05) is 0 Å². The smallest absolute Gasteiger partial charge is 0.450 e. The average molecular weight is 153 g/mol. The van der Waals surface area contributed by atoms with E-state index in [0.717, 1.165) is 12.8 Å². The molecule has 0 aliphatic heterocycles. The van der Waals surface area contributed by atoms with Crippen LogP contribution in [0.25, 0.3) is 0 Å². The van der Waals surface area contributed by atoms with Gasteiger partial charge < -0.3 is 9.84 Å². The first-order valence-corrected chi connectivity index (χ1v) is 2.54. The molecule has 0 saturated heterocycles. The van der Waals surface area contributed by atoms with Gasteiger partial charge in [0.25, 0.3) is 0 Å². The summed E-state index contributed by atoms with van der Waals surface area (Å²) in [5.74, 6) is 0. The maximum Gasteiger partial charge on any atom is 0.506 e. The molecule has 1 saturated carbocycles. The maximum atomic E-state index is 9.83. The van der Waals surface area contributed by atoms with Crippen LogP contribution in [0.15, 0.2) is 0 Å². The fourth-order valence-corrected chi connectivity index (χ4v) is 0.489. The zero-order valence-electron chi connectivity index (χ0n) is 5.09. The van der Waals surface area contributed by atoms with Gasteiger partial charge in [-0.2, -0.15) is 0 Å². The highest BCUT2D eigenvalue weighted by Crippen LogP contribution is 2.38. The molecule has 1 rings (SSSR count). The number of halogens is 1. The van der Waals surface area contributed by atoms with Crippen molar-refractivity contribution in [1.29, 1.82) is 0 Å². The molecule has 1 aliphatic carbocycles. The van der Waals surface area contributed by atoms with Crippen molar-refractivity contribution in [3.63, 3.8) is 0 Å². The van der Waals surface area contributed by atoms with E-state index in [4.69, 9.17) is 5.11 Å². The van der Waals surface area contributed by atoms with Gasteiger partial charge in [0.15, 0.2) is 0 Å². The van der Waals surface area contributed by atoms with Crippen LogP contribution in [0, 0.1) is 0 Å². The molecule has 0 aromatic carbocycles. The SMILES string of the molecule is CC1(OC(=O)O)CC1.Cl. The lowest BCUT2D eigenvalue weighted by Crippen LogP contribution is -2.12. The summed E-state index contributed by atoms with van der Waals surface area (Å²) in [7, 11) is 0. The Kier molecular flexibility index (Phi) is 2.32. The molecule has 1 aliphatic rings. The third kappa shape index (κ3) is 2.56. The van der Waals surface area contributed by atoms with Crippen molar-refractivity contribution in [2.45, 2.75) is 25.4 Å². The minimum absolute atomic E-state index is 0. The van der Waals surface area contributed by atoms with Gasteiger partial charge in [-0.15, -0.1) is 12.4 Å². The molecule has 0 heterocycles. The summed E-state index contributed by atoms with van der Waals surface area (Å²) in [4.78, 5) is 9.83. The molecular formula is C5H9ClO3. The van der Waals surface area contributed by atoms with Gasteiger partial charge in [-0.3, -0.25) is 0 Å². The van der Waals surface area contributed by atoms with Gasteiger partial charge >= 0.3 is 6.16 Å². The Labute approximate surface area is 59.4 Å². The lowest BCUT2D eigenvalue weighted by molar-refractivity contribution is 0.0478. The van der Waals surface area contributed by atoms with Gasteiger partial charge in [0.05, 0.1) is 0 Å². The Hall–Kier alpha value is -0.440. The molecule has 0 aromatic heterocycles. The minimum atomic E-state index is -1.16. The molecule has 0 atom stereocenters. The van der Waals surface area contributed by atoms with Crippen molar-refractivity contribution in [3.8, 4) is 0 Å². The standard InChI is InChI=1S/C5H8O3.ClH/c1-5(2-3-5)8-4(6)7;/h2-3H2,1H3,(H,6,7);1H. The molecular weight excluding hydrogens is 144 g/mol. The van der Waals surface area contributed by atoms with Crippen LogP contribution in [0.5, 0.6) is 0 Å². The quantitative estimate of drug-likeness (QED) is 0.582. The molecule has 9 heavy (non-hydrogen) atoms. The van der Waals surface area contributed by atoms with Crippen molar-refractivity contribution < 1.29 is 14.6 Å². The summed E-state index contributed by atoms with van der Waals surface area (Å²) in [6.07, 6.45) is 0.587. The summed E-state index contributed by atoms with van der Waals surface area (Å²) in [5.41, 5.74) is -0.328. The third-order valence-corrected chi connectivity index (χ3v) is 1.29. The van der Waals surface area contributed by atoms with Crippen LogP contribution in [0.3, 0.4) is 0 Å². The topological polar surface area (TPSA) is 46.5 Å². The molecule has 3 nitrogen and oxygen atoms in total. The molecule has 0 unspecified atom stereocenters. The van der Waals surface area contributed by atoms with Gasteiger partial charge in [-0.25, -0.2) is 4.79 Å². The van der Waals surface area contributed by atoms with E-state index in [0.29, 0.717) is 0 Å². The Morgan fingerprint density at radius 1 is 1.67 bits per heavy atom. The first-order valence-electron chi connectivity index (χ1n) is 2.54. The highest BCUT2D eigenvalue weighted by atomic mass is 35.5. The minimum Gasteiger partial charge on any atom is -0.450 e. The summed E-state index contributed by atoms with van der Waals surface area (Å²) in [5, 5.41) is 8.07. The summed E-state index contributed by atoms with van der Waals surface area (Å²) < 4.78 is 4.47. The molecule has 1 fully saturated rings. The van der Waals surface area contributed by atoms with Crippen LogP contribution in [0.4, 0.5) is 4.79 Å². The molecule has 0 bridgehead atoms. The van der Waals surface area contributed by atoms with Gasteiger partial charge in [-0.05, 0) is 19.8 Å². The number of rotatable bonds is 1. The predicted molar refractivity (Wildman–Crippen MR) is 34.0 cm³/mol. The van der Waals surface area contributed by atoms with E-state index in [9.17, 15) is 4.79 Å². The fourth-order valence-electron chi connectivity index (χ4n) is 0.489. The molecule has 54 valence electrons. The largest absolute Gasteiger partial charge is 0.506 e. The predicted octanol–water partition coefficient (Wildman–Crippen LogP) is 1.66. The summed E-state index contributed by atoms with van der Waals surface area (Å²) >= 11 is 0. The number of hydrogen-bond acceptors (Lipinski definition) is 2. The van der Waals surface area contributed by atoms with Crippen molar-refractivity contribution in [2.75, 3.05) is 0 Å². The Morgan fingerprint density at radius 2 is 2.11 bits per heavy atom. The molecule has 0 spiro atoms. The number of hydrogen-bond donors (Lipinski definition) is 1. The van der Waals surface area contributed by atoms with Crippen LogP contribution in [0.1, 0.15) is 19.8 Å². The lowest BCUT2D eigenvalue weighted by atomic mass is 10.4. The zero-order valence-corrected chi connectivity index (χ0v) is 5.90. The van der Waals surface area contributed by atoms with E-state index in [1.807, 2.05) is 0 Å². The van der Waals surface area contributed by atoms with E-state index in [2.05, 4.69) is 4.74 Å². The van der Waals surface area contributed by atoms with Crippen molar-refractivity contribution in [2.24, 2.45) is 0 Å². The normalized spacial score (nSPS) is 19.7. The Morgan fingerprint density at radius 3 is 2.22 bits per heavy atom. The second-order valence-corrected chi connectivity index (χ2v) is 2.32. The Bertz CT molecular complexity index is 119. The van der Waals surface area contributed by atoms with Crippen LogP contribution in [-0.4, -0.2) is 16.9 Å². The number of ether oxygens (including phenoxy) is 1. The maximum absolute atomic E-state index is 9.83. The van der Waals surface area contributed by atoms with Crippen molar-refractivity contribution >= 4 is 18.6 Å². The van der Waals surface area contributed by atoms with E-state index < -0.39 is 6.16 Å². The third-order valence-electron chi connectivity index (χ3n) is 1.29. The van der Waals surface area contributed by atoms with Crippen LogP contribution < -0.4 is 0 Å². The van der Waals surface area contributed by atoms with E-state index in [1.165, 1.54) is 0 Å². The van der Waals surface area contributed by atoms with Gasteiger partial charge in [0.1, 0.15) is 5.60 Å². The van der Waals surface area contributed by atoms with Gasteiger partial charge in [0.2, 0.25) is 0 Å². The molecule has 0 radical (unpaired) electrons. The van der Waals surface area contributed by atoms with E-state index in [1.54, 1.807) is 6.92 Å². The second-order valence-electron chi connectivity index (χ2n) is 2.32. The highest BCUT2D eigenvalue weighted by Gasteiger charge is 2.41. The van der Waals surface area contributed by atoms with Crippen LogP contribution in [0.2, 0.25) is 0 Å². The van der Waals surface area contributed by atoms with Crippen molar-refractivity contribution in [3.05, 3.63) is 0 Å². The van der Waals surface area contributed by atoms with Crippen LogP contribution >= 0.6 is 12.4 Å².